The number of carbonyl (C=O) groups is 1. The zero-order valence-corrected chi connectivity index (χ0v) is 20.5. The molecule has 1 saturated heterocycles. The van der Waals surface area contributed by atoms with Gasteiger partial charge in [0.25, 0.3) is 0 Å². The van der Waals surface area contributed by atoms with Gasteiger partial charge in [0, 0.05) is 48.8 Å². The number of halogens is 1. The second-order valence-corrected chi connectivity index (χ2v) is 10.2. The third-order valence-corrected chi connectivity index (χ3v) is 6.85. The van der Waals surface area contributed by atoms with Gasteiger partial charge in [-0.05, 0) is 20.8 Å². The number of anilines is 3. The third-order valence-electron chi connectivity index (χ3n) is 6.85. The van der Waals surface area contributed by atoms with E-state index in [-0.39, 0.29) is 17.5 Å². The monoisotopic (exact) mass is 477 g/mol. The van der Waals surface area contributed by atoms with Gasteiger partial charge in [-0.1, -0.05) is 13.8 Å². The molecule has 182 valence electrons. The molecule has 35 heavy (non-hydrogen) atoms. The van der Waals surface area contributed by atoms with Gasteiger partial charge in [-0.15, -0.1) is 5.10 Å². The minimum atomic E-state index is -1.69. The fourth-order valence-corrected chi connectivity index (χ4v) is 4.84. The van der Waals surface area contributed by atoms with Crippen LogP contribution in [0.15, 0.2) is 18.6 Å². The average Bonchev–Trinajstić information content (AvgIpc) is 3.15. The standard InChI is InChI=1S/C24H28FN9O/c1-15-10-33(22(35)24(5,11-25)12-27)16(2)9-32(15)20-19-21(29-14-28-20)34(13-23(19,3)4)18-6-17(7-26)8-30-31-18/h6,8,14-16H,9-11,13H2,1-5H3/t15-,16+,24?/m0/s1. The van der Waals surface area contributed by atoms with Gasteiger partial charge < -0.3 is 14.7 Å². The highest BCUT2D eigenvalue weighted by molar-refractivity contribution is 5.86. The number of nitriles is 2. The summed E-state index contributed by atoms with van der Waals surface area (Å²) in [6, 6.07) is 5.25. The Bertz CT molecular complexity index is 1240. The smallest absolute Gasteiger partial charge is 0.245 e. The molecule has 0 spiro atoms. The van der Waals surface area contributed by atoms with Gasteiger partial charge in [0.1, 0.15) is 30.7 Å². The number of rotatable bonds is 4. The molecule has 1 amide bonds. The summed E-state index contributed by atoms with van der Waals surface area (Å²) in [6.07, 6.45) is 2.93. The quantitative estimate of drug-likeness (QED) is 0.653. The number of fused-ring (bicyclic) bond motifs is 1. The van der Waals surface area contributed by atoms with E-state index in [2.05, 4.69) is 45.0 Å². The van der Waals surface area contributed by atoms with Gasteiger partial charge in [0.05, 0.1) is 17.8 Å². The topological polar surface area (TPSA) is 126 Å². The number of piperazine rings is 1. The summed E-state index contributed by atoms with van der Waals surface area (Å²) in [7, 11) is 0. The van der Waals surface area contributed by atoms with Gasteiger partial charge in [-0.2, -0.15) is 15.6 Å². The molecule has 2 aromatic rings. The van der Waals surface area contributed by atoms with Crippen molar-refractivity contribution in [2.24, 2.45) is 5.41 Å². The first kappa shape index (κ1) is 24.3. The van der Waals surface area contributed by atoms with Gasteiger partial charge >= 0.3 is 0 Å². The second-order valence-electron chi connectivity index (χ2n) is 10.2. The van der Waals surface area contributed by atoms with Crippen LogP contribution in [0.5, 0.6) is 0 Å². The van der Waals surface area contributed by atoms with Gasteiger partial charge in [-0.25, -0.2) is 14.4 Å². The van der Waals surface area contributed by atoms with Crippen molar-refractivity contribution in [3.63, 3.8) is 0 Å². The highest BCUT2D eigenvalue weighted by Crippen LogP contribution is 2.47. The van der Waals surface area contributed by atoms with Crippen LogP contribution in [0.2, 0.25) is 0 Å². The number of hydrogen-bond donors (Lipinski definition) is 0. The lowest BCUT2D eigenvalue weighted by atomic mass is 9.87. The number of nitrogens with zero attached hydrogens (tertiary/aromatic N) is 9. The average molecular weight is 478 g/mol. The molecule has 4 rings (SSSR count). The normalized spacial score (nSPS) is 22.7. The van der Waals surface area contributed by atoms with Gasteiger partial charge in [-0.3, -0.25) is 4.79 Å². The lowest BCUT2D eigenvalue weighted by Crippen LogP contribution is -2.61. The van der Waals surface area contributed by atoms with Crippen molar-refractivity contribution >= 4 is 23.4 Å². The molecule has 3 atom stereocenters. The van der Waals surface area contributed by atoms with Crippen LogP contribution >= 0.6 is 0 Å². The number of carbonyl (C=O) groups excluding carboxylic acids is 1. The van der Waals surface area contributed by atoms with Crippen molar-refractivity contribution in [3.8, 4) is 12.1 Å². The van der Waals surface area contributed by atoms with E-state index in [1.54, 1.807) is 11.0 Å². The largest absolute Gasteiger partial charge is 0.350 e. The first-order chi connectivity index (χ1) is 16.6. The van der Waals surface area contributed by atoms with Crippen molar-refractivity contribution < 1.29 is 9.18 Å². The second kappa shape index (κ2) is 8.73. The number of alkyl halides is 1. The Morgan fingerprint density at radius 1 is 1.23 bits per heavy atom. The number of aromatic nitrogens is 4. The Kier molecular flexibility index (Phi) is 6.05. The highest BCUT2D eigenvalue weighted by Gasteiger charge is 2.45. The third kappa shape index (κ3) is 4.01. The van der Waals surface area contributed by atoms with Crippen molar-refractivity contribution in [1.29, 1.82) is 10.5 Å². The Labute approximate surface area is 204 Å². The molecule has 0 N–H and O–H groups in total. The summed E-state index contributed by atoms with van der Waals surface area (Å²) < 4.78 is 13.5. The Hall–Kier alpha value is -3.86. The molecule has 0 aromatic carbocycles. The van der Waals surface area contributed by atoms with Crippen molar-refractivity contribution in [1.82, 2.24) is 25.1 Å². The molecule has 0 radical (unpaired) electrons. The molecular weight excluding hydrogens is 449 g/mol. The molecule has 0 aliphatic carbocycles. The minimum absolute atomic E-state index is 0.122. The molecule has 2 aliphatic heterocycles. The lowest BCUT2D eigenvalue weighted by Gasteiger charge is -2.46. The van der Waals surface area contributed by atoms with Crippen LogP contribution in [0.3, 0.4) is 0 Å². The predicted octanol–water partition coefficient (Wildman–Crippen LogP) is 2.49. The maximum absolute atomic E-state index is 13.5. The van der Waals surface area contributed by atoms with Crippen LogP contribution < -0.4 is 9.80 Å². The summed E-state index contributed by atoms with van der Waals surface area (Å²) in [4.78, 5) is 27.9. The van der Waals surface area contributed by atoms with Crippen LogP contribution in [-0.2, 0) is 10.2 Å². The number of hydrogen-bond acceptors (Lipinski definition) is 9. The Morgan fingerprint density at radius 2 is 1.94 bits per heavy atom. The molecule has 11 heteroatoms. The van der Waals surface area contributed by atoms with Gasteiger partial charge in [0.2, 0.25) is 5.91 Å². The van der Waals surface area contributed by atoms with E-state index in [4.69, 9.17) is 0 Å². The van der Waals surface area contributed by atoms with E-state index in [0.717, 1.165) is 11.4 Å². The van der Waals surface area contributed by atoms with Crippen LogP contribution in [0.1, 0.15) is 45.7 Å². The van der Waals surface area contributed by atoms with E-state index in [9.17, 15) is 19.7 Å². The maximum Gasteiger partial charge on any atom is 0.245 e. The SMILES string of the molecule is C[C@@H]1CN(c2ncnc3c2C(C)(C)CN3c2cc(C#N)cnn2)[C@@H](C)CN1C(=O)C(C)(C#N)CF. The Morgan fingerprint density at radius 3 is 2.60 bits per heavy atom. The van der Waals surface area contributed by atoms with Crippen LogP contribution in [0.25, 0.3) is 0 Å². The summed E-state index contributed by atoms with van der Waals surface area (Å²) in [5.74, 6) is 1.53. The molecule has 1 fully saturated rings. The molecule has 0 saturated carbocycles. The minimum Gasteiger partial charge on any atom is -0.350 e. The van der Waals surface area contributed by atoms with Crippen LogP contribution in [-0.4, -0.2) is 69.4 Å². The summed E-state index contributed by atoms with van der Waals surface area (Å²) >= 11 is 0. The first-order valence-electron chi connectivity index (χ1n) is 11.5. The van der Waals surface area contributed by atoms with Crippen molar-refractivity contribution in [2.45, 2.75) is 52.1 Å². The summed E-state index contributed by atoms with van der Waals surface area (Å²) in [5, 5.41) is 26.8. The van der Waals surface area contributed by atoms with Gasteiger partial charge in [0.15, 0.2) is 11.2 Å². The molecule has 0 bridgehead atoms. The van der Waals surface area contributed by atoms with Crippen LogP contribution in [0, 0.1) is 28.1 Å². The van der Waals surface area contributed by atoms with E-state index in [0.29, 0.717) is 36.8 Å². The first-order valence-corrected chi connectivity index (χ1v) is 11.5. The maximum atomic E-state index is 13.5. The van der Waals surface area contributed by atoms with E-state index in [1.165, 1.54) is 19.4 Å². The molecule has 10 nitrogen and oxygen atoms in total. The molecule has 4 heterocycles. The Balaban J connectivity index is 1.69. The van der Waals surface area contributed by atoms with Crippen molar-refractivity contribution in [2.75, 3.05) is 36.1 Å². The highest BCUT2D eigenvalue weighted by atomic mass is 19.1. The molecule has 1 unspecified atom stereocenters. The van der Waals surface area contributed by atoms with E-state index in [1.807, 2.05) is 24.8 Å². The summed E-state index contributed by atoms with van der Waals surface area (Å²) in [5.41, 5.74) is -0.654. The fraction of sp³-hybridized carbons (Fsp3) is 0.542. The predicted molar refractivity (Wildman–Crippen MR) is 126 cm³/mol. The molecular formula is C24H28FN9O. The molecule has 2 aromatic heterocycles. The molecule has 2 aliphatic rings. The zero-order chi connectivity index (χ0) is 25.5. The number of amides is 1. The lowest BCUT2D eigenvalue weighted by molar-refractivity contribution is -0.142. The van der Waals surface area contributed by atoms with E-state index >= 15 is 0 Å². The fourth-order valence-electron chi connectivity index (χ4n) is 4.84. The van der Waals surface area contributed by atoms with Crippen LogP contribution in [0.4, 0.5) is 21.8 Å². The summed E-state index contributed by atoms with van der Waals surface area (Å²) in [6.45, 7) is 9.81. The van der Waals surface area contributed by atoms with E-state index < -0.39 is 18.0 Å². The zero-order valence-electron chi connectivity index (χ0n) is 20.5. The van der Waals surface area contributed by atoms with Crippen molar-refractivity contribution in [3.05, 3.63) is 29.7 Å².